The first-order chi connectivity index (χ1) is 44.7. The van der Waals surface area contributed by atoms with Gasteiger partial charge in [0, 0.05) is 76.3 Å². The summed E-state index contributed by atoms with van der Waals surface area (Å²) >= 11 is 0. The molecular formula is C82H48N8. The summed E-state index contributed by atoms with van der Waals surface area (Å²) in [5, 5.41) is 19.5. The third-order valence-corrected chi connectivity index (χ3v) is 18.3. The van der Waals surface area contributed by atoms with E-state index in [4.69, 9.17) is 30.1 Å². The Morgan fingerprint density at radius 1 is 0.311 bits per heavy atom. The van der Waals surface area contributed by atoms with Crippen LogP contribution in [-0.2, 0) is 0 Å². The van der Waals surface area contributed by atoms with Gasteiger partial charge in [0.25, 0.3) is 0 Å². The second-order valence-electron chi connectivity index (χ2n) is 23.3. The highest BCUT2D eigenvalue weighted by atomic mass is 15.7. The van der Waals surface area contributed by atoms with Crippen LogP contribution in [0.4, 0.5) is 28.4 Å². The van der Waals surface area contributed by atoms with Gasteiger partial charge >= 0.3 is 0 Å². The number of pyridine rings is 1. The molecule has 14 aromatic rings. The van der Waals surface area contributed by atoms with Gasteiger partial charge in [0.1, 0.15) is 5.71 Å². The zero-order chi connectivity index (χ0) is 59.0. The molecule has 8 nitrogen and oxygen atoms in total. The minimum absolute atomic E-state index is 0.738. The van der Waals surface area contributed by atoms with E-state index in [1.807, 2.05) is 0 Å². The number of hydrogen-bond acceptors (Lipinski definition) is 8. The molecular weight excluding hydrogens is 1100 g/mol. The fourth-order valence-electron chi connectivity index (χ4n) is 14.5. The standard InChI is InChI=1S/C82H48N8/c1-5-22-49(23-6-1)60-46-68-73(74-66(84-68)44-41-58-55-34-16-19-38-63(55)86-78(58)74)77(71(60)57-36-21-32-48-26-13-15-33-54(48)57)80-70(52-28-9-3-10-29-52)81(53-30-11-4-12-31-53)90(89-88-80)82-72(65-43-40-51-27-14-18-37-62(51)83-65)61(50-24-7-2-8-25-50)47-69-76(82)75-67(85-69)45-42-59-56-35-17-20-39-64(56)87-79(59)75/h1-47,89H. The van der Waals surface area contributed by atoms with Crippen LogP contribution in [0.5, 0.6) is 0 Å². The lowest BCUT2D eigenvalue weighted by Gasteiger charge is -2.37. The Hall–Kier alpha value is -12.3. The Bertz CT molecular complexity index is 6040. The molecule has 90 heavy (non-hydrogen) atoms. The third kappa shape index (κ3) is 7.49. The highest BCUT2D eigenvalue weighted by molar-refractivity contribution is 6.42. The lowest BCUT2D eigenvalue weighted by molar-refractivity contribution is 0.761. The number of hydrazine groups is 1. The Morgan fingerprint density at radius 2 is 0.833 bits per heavy atom. The van der Waals surface area contributed by atoms with Crippen LogP contribution >= 0.6 is 0 Å². The van der Waals surface area contributed by atoms with E-state index < -0.39 is 0 Å². The number of anilines is 1. The van der Waals surface area contributed by atoms with Crippen LogP contribution in [0.15, 0.2) is 310 Å². The van der Waals surface area contributed by atoms with E-state index in [9.17, 15) is 0 Å². The van der Waals surface area contributed by atoms with Crippen molar-refractivity contribution in [1.82, 2.24) is 10.5 Å². The highest BCUT2D eigenvalue weighted by Crippen LogP contribution is 2.57. The maximum atomic E-state index is 6.04. The van der Waals surface area contributed by atoms with Crippen molar-refractivity contribution in [3.05, 3.63) is 344 Å². The number of nitrogens with one attached hydrogen (secondary N) is 1. The summed E-state index contributed by atoms with van der Waals surface area (Å²) in [4.78, 5) is 27.9. The van der Waals surface area contributed by atoms with Crippen LogP contribution in [0, 0.1) is 20.9 Å². The fraction of sp³-hybridized carbons (Fsp3) is 0. The SMILES string of the molecule is c1ccc(C2=C(c3ccccc3)N(c3c4c(cc(-c5ccccc5)c3-c3ccc5ccccc5n3)N=c3ccc5c(c3-4)N=c3ccccc3=5)NN=C2c2c3c(cc(-c4ccccc4)c2-c2cccc4ccccc24)N=c2ccc4c(c2-3)N=c2ccccc2=4)cc1. The average molecular weight is 1150 g/mol. The number of para-hydroxylation sites is 3. The summed E-state index contributed by atoms with van der Waals surface area (Å²) in [5.41, 5.74) is 26.2. The zero-order valence-corrected chi connectivity index (χ0v) is 48.3. The first kappa shape index (κ1) is 49.9. The van der Waals surface area contributed by atoms with Crippen LogP contribution < -0.4 is 32.0 Å². The van der Waals surface area contributed by atoms with Crippen LogP contribution in [-0.4, -0.2) is 10.7 Å². The average Bonchev–Trinajstić information content (AvgIpc) is 1.46. The molecule has 8 heteroatoms. The molecule has 1 N–H and O–H groups in total. The number of benzene rings is 13. The highest BCUT2D eigenvalue weighted by Gasteiger charge is 2.40. The van der Waals surface area contributed by atoms with E-state index >= 15 is 0 Å². The quantitative estimate of drug-likeness (QED) is 0.164. The summed E-state index contributed by atoms with van der Waals surface area (Å²) in [7, 11) is 0. The van der Waals surface area contributed by atoms with Crippen molar-refractivity contribution in [2.75, 3.05) is 5.01 Å². The number of rotatable bonds is 8. The van der Waals surface area contributed by atoms with Crippen LogP contribution in [0.2, 0.25) is 0 Å². The van der Waals surface area contributed by atoms with Crippen molar-refractivity contribution in [2.24, 2.45) is 25.1 Å². The number of fused-ring (bicyclic) bond motifs is 14. The molecule has 0 saturated carbocycles. The zero-order valence-electron chi connectivity index (χ0n) is 48.3. The Kier molecular flexibility index (Phi) is 10.9. The molecule has 0 spiro atoms. The molecule has 13 aromatic carbocycles. The Balaban J connectivity index is 0.995. The predicted octanol–water partition coefficient (Wildman–Crippen LogP) is 17.3. The van der Waals surface area contributed by atoms with Gasteiger partial charge in [-0.25, -0.2) is 35.5 Å². The van der Waals surface area contributed by atoms with E-state index in [-0.39, 0.29) is 0 Å². The van der Waals surface area contributed by atoms with Gasteiger partial charge in [-0.3, -0.25) is 0 Å². The number of nitrogens with zero attached hydrogens (tertiary/aromatic N) is 7. The molecule has 416 valence electrons. The smallest absolute Gasteiger partial charge is 0.104 e. The normalized spacial score (nSPS) is 13.3. The predicted molar refractivity (Wildman–Crippen MR) is 362 cm³/mol. The van der Waals surface area contributed by atoms with Gasteiger partial charge < -0.3 is 0 Å². The van der Waals surface area contributed by atoms with Crippen LogP contribution in [0.25, 0.3) is 99.8 Å². The maximum absolute atomic E-state index is 6.04. The molecule has 19 rings (SSSR count). The molecule has 0 aliphatic carbocycles. The lowest BCUT2D eigenvalue weighted by Crippen LogP contribution is -2.40. The van der Waals surface area contributed by atoms with Gasteiger partial charge in [-0.2, -0.15) is 5.10 Å². The van der Waals surface area contributed by atoms with Crippen molar-refractivity contribution in [3.63, 3.8) is 0 Å². The lowest BCUT2D eigenvalue weighted by atomic mass is 9.78. The van der Waals surface area contributed by atoms with Crippen LogP contribution in [0.1, 0.15) is 16.7 Å². The fourth-order valence-corrected chi connectivity index (χ4v) is 14.5. The van der Waals surface area contributed by atoms with E-state index in [0.29, 0.717) is 0 Å². The minimum atomic E-state index is 0.738. The topological polar surface area (TPSA) is 90.0 Å². The second-order valence-corrected chi connectivity index (χ2v) is 23.3. The molecule has 0 unspecified atom stereocenters. The molecule has 0 saturated heterocycles. The number of hydrazone groups is 1. The summed E-state index contributed by atoms with van der Waals surface area (Å²) < 4.78 is 0. The molecule has 6 heterocycles. The molecule has 5 aliphatic heterocycles. The monoisotopic (exact) mass is 1140 g/mol. The van der Waals surface area contributed by atoms with Crippen molar-refractivity contribution in [1.29, 1.82) is 0 Å². The van der Waals surface area contributed by atoms with Gasteiger partial charge in [0.2, 0.25) is 0 Å². The molecule has 0 bridgehead atoms. The Labute approximate surface area is 515 Å². The summed E-state index contributed by atoms with van der Waals surface area (Å²) in [5.74, 6) is 0. The summed E-state index contributed by atoms with van der Waals surface area (Å²) in [6.07, 6.45) is 0. The number of allylic oxidation sites excluding steroid dienone is 1. The number of hydrogen-bond donors (Lipinski definition) is 1. The third-order valence-electron chi connectivity index (χ3n) is 18.3. The van der Waals surface area contributed by atoms with Gasteiger partial charge in [0.15, 0.2) is 0 Å². The molecule has 0 fully saturated rings. The van der Waals surface area contributed by atoms with E-state index in [1.54, 1.807) is 0 Å². The van der Waals surface area contributed by atoms with E-state index in [1.165, 1.54) is 0 Å². The summed E-state index contributed by atoms with van der Waals surface area (Å²) in [6, 6.07) is 101. The van der Waals surface area contributed by atoms with Crippen molar-refractivity contribution in [2.45, 2.75) is 0 Å². The van der Waals surface area contributed by atoms with Crippen LogP contribution in [0.3, 0.4) is 0 Å². The molecule has 0 amide bonds. The molecule has 1 aromatic heterocycles. The van der Waals surface area contributed by atoms with Crippen molar-refractivity contribution in [3.8, 4) is 66.9 Å². The van der Waals surface area contributed by atoms with E-state index in [2.05, 4.69) is 296 Å². The van der Waals surface area contributed by atoms with Gasteiger partial charge in [-0.15, -0.1) is 0 Å². The molecule has 0 atom stereocenters. The second kappa shape index (κ2) is 19.6. The first-order valence-corrected chi connectivity index (χ1v) is 30.4. The number of aromatic nitrogens is 1. The maximum Gasteiger partial charge on any atom is 0.104 e. The van der Waals surface area contributed by atoms with E-state index in [0.717, 1.165) is 193 Å². The van der Waals surface area contributed by atoms with Crippen molar-refractivity contribution < 1.29 is 0 Å². The van der Waals surface area contributed by atoms with Gasteiger partial charge in [0.05, 0.1) is 66.8 Å². The van der Waals surface area contributed by atoms with Crippen molar-refractivity contribution >= 4 is 67.1 Å². The molecule has 5 aliphatic rings. The summed E-state index contributed by atoms with van der Waals surface area (Å²) in [6.45, 7) is 0. The minimum Gasteiger partial charge on any atom is -0.248 e. The largest absolute Gasteiger partial charge is 0.248 e. The first-order valence-electron chi connectivity index (χ1n) is 30.4. The van der Waals surface area contributed by atoms with Gasteiger partial charge in [-0.1, -0.05) is 224 Å². The Morgan fingerprint density at radius 3 is 1.49 bits per heavy atom. The van der Waals surface area contributed by atoms with Gasteiger partial charge in [-0.05, 0) is 105 Å². The molecule has 0 radical (unpaired) electrons.